The molecule has 0 bridgehead atoms. The highest BCUT2D eigenvalue weighted by atomic mass is 31.1. The average molecular weight is 312 g/mol. The Morgan fingerprint density at radius 2 is 1.27 bits per heavy atom. The molecule has 0 amide bonds. The van der Waals surface area contributed by atoms with E-state index in [-0.39, 0.29) is 7.92 Å². The lowest BCUT2D eigenvalue weighted by Crippen LogP contribution is -2.14. The lowest BCUT2D eigenvalue weighted by molar-refractivity contribution is 0.626. The monoisotopic (exact) mass is 312 g/mol. The first-order chi connectivity index (χ1) is 10.8. The highest BCUT2D eigenvalue weighted by Gasteiger charge is 2.12. The minimum Gasteiger partial charge on any atom is -0.0654 e. The molecule has 1 heteroatoms. The summed E-state index contributed by atoms with van der Waals surface area (Å²) in [5, 5.41) is 3.05. The summed E-state index contributed by atoms with van der Waals surface area (Å²) >= 11 is 0. The molecule has 0 saturated carbocycles. The Hall–Kier alpha value is -1.13. The van der Waals surface area contributed by atoms with E-state index in [0.29, 0.717) is 0 Å². The highest BCUT2D eigenvalue weighted by Crippen LogP contribution is 2.35. The van der Waals surface area contributed by atoms with Crippen LogP contribution < -0.4 is 10.6 Å². The lowest BCUT2D eigenvalue weighted by atomic mass is 10.1. The fraction of sp³-hybridized carbons (Fsp3) is 0.429. The van der Waals surface area contributed by atoms with Crippen molar-refractivity contribution in [1.29, 1.82) is 0 Å². The van der Waals surface area contributed by atoms with E-state index in [1.165, 1.54) is 60.9 Å². The summed E-state index contributed by atoms with van der Waals surface area (Å²) in [5.74, 6) is 0. The van der Waals surface area contributed by atoms with Crippen LogP contribution in [0.3, 0.4) is 0 Å². The van der Waals surface area contributed by atoms with E-state index < -0.39 is 0 Å². The fourth-order valence-electron chi connectivity index (χ4n) is 2.79. The van der Waals surface area contributed by atoms with Crippen LogP contribution in [0.4, 0.5) is 0 Å². The van der Waals surface area contributed by atoms with E-state index >= 15 is 0 Å². The molecule has 0 radical (unpaired) electrons. The smallest absolute Gasteiger partial charge is 0.0195 e. The minimum atomic E-state index is -0.188. The summed E-state index contributed by atoms with van der Waals surface area (Å²) in [6.07, 6.45) is 9.61. The van der Waals surface area contributed by atoms with Crippen molar-refractivity contribution in [1.82, 2.24) is 0 Å². The number of benzene rings is 2. The maximum absolute atomic E-state index is 2.34. The maximum atomic E-state index is 2.34. The van der Waals surface area contributed by atoms with Gasteiger partial charge in [0.05, 0.1) is 0 Å². The molecule has 0 spiro atoms. The molecule has 0 N–H and O–H groups in total. The SMILES string of the molecule is CCCCCCCCP(c1ccccc1)c1ccc(C)cc1. The first-order valence-corrected chi connectivity index (χ1v) is 10.2. The summed E-state index contributed by atoms with van der Waals surface area (Å²) in [7, 11) is -0.188. The van der Waals surface area contributed by atoms with Crippen molar-refractivity contribution in [2.45, 2.75) is 52.4 Å². The molecule has 0 saturated heterocycles. The van der Waals surface area contributed by atoms with Crippen molar-refractivity contribution in [2.75, 3.05) is 6.16 Å². The second-order valence-electron chi connectivity index (χ2n) is 6.09. The molecular weight excluding hydrogens is 283 g/mol. The van der Waals surface area contributed by atoms with Crippen molar-refractivity contribution >= 4 is 18.5 Å². The van der Waals surface area contributed by atoms with Crippen LogP contribution >= 0.6 is 7.92 Å². The van der Waals surface area contributed by atoms with E-state index in [4.69, 9.17) is 0 Å². The van der Waals surface area contributed by atoms with Crippen LogP contribution in [0.2, 0.25) is 0 Å². The molecule has 0 aliphatic rings. The molecule has 2 rings (SSSR count). The number of unbranched alkanes of at least 4 members (excludes halogenated alkanes) is 5. The normalized spacial score (nSPS) is 12.3. The van der Waals surface area contributed by atoms with E-state index in [9.17, 15) is 0 Å². The van der Waals surface area contributed by atoms with Crippen LogP contribution in [0.25, 0.3) is 0 Å². The summed E-state index contributed by atoms with van der Waals surface area (Å²) in [6, 6.07) is 20.3. The van der Waals surface area contributed by atoms with Crippen LogP contribution in [0, 0.1) is 6.92 Å². The number of hydrogen-bond donors (Lipinski definition) is 0. The third kappa shape index (κ3) is 5.58. The number of aryl methyl sites for hydroxylation is 1. The van der Waals surface area contributed by atoms with E-state index in [1.54, 1.807) is 0 Å². The predicted octanol–water partition coefficient (Wildman–Crippen LogP) is 5.79. The molecule has 0 aliphatic heterocycles. The van der Waals surface area contributed by atoms with Gasteiger partial charge in [-0.25, -0.2) is 0 Å². The van der Waals surface area contributed by atoms with Crippen LogP contribution in [0.15, 0.2) is 54.6 Å². The Morgan fingerprint density at radius 1 is 0.682 bits per heavy atom. The third-order valence-electron chi connectivity index (χ3n) is 4.15. The maximum Gasteiger partial charge on any atom is -0.0195 e. The molecule has 22 heavy (non-hydrogen) atoms. The molecular formula is C21H29P. The molecule has 2 aromatic carbocycles. The van der Waals surface area contributed by atoms with Gasteiger partial charge in [0, 0.05) is 0 Å². The van der Waals surface area contributed by atoms with Crippen molar-refractivity contribution in [2.24, 2.45) is 0 Å². The van der Waals surface area contributed by atoms with E-state index in [1.807, 2.05) is 0 Å². The molecule has 0 fully saturated rings. The summed E-state index contributed by atoms with van der Waals surface area (Å²) in [6.45, 7) is 4.45. The van der Waals surface area contributed by atoms with Crippen LogP contribution in [-0.4, -0.2) is 6.16 Å². The zero-order chi connectivity index (χ0) is 15.6. The van der Waals surface area contributed by atoms with Crippen molar-refractivity contribution in [3.05, 3.63) is 60.2 Å². The van der Waals surface area contributed by atoms with Crippen molar-refractivity contribution < 1.29 is 0 Å². The second-order valence-corrected chi connectivity index (χ2v) is 8.43. The van der Waals surface area contributed by atoms with E-state index in [2.05, 4.69) is 68.4 Å². The van der Waals surface area contributed by atoms with Crippen LogP contribution in [0.1, 0.15) is 51.0 Å². The van der Waals surface area contributed by atoms with Crippen LogP contribution in [-0.2, 0) is 0 Å². The molecule has 1 atom stereocenters. The van der Waals surface area contributed by atoms with Gasteiger partial charge in [-0.3, -0.25) is 0 Å². The Balaban J connectivity index is 1.98. The Labute approximate surface area is 137 Å². The predicted molar refractivity (Wildman–Crippen MR) is 102 cm³/mol. The molecule has 2 aromatic rings. The first kappa shape index (κ1) is 17.2. The van der Waals surface area contributed by atoms with Gasteiger partial charge in [0.1, 0.15) is 0 Å². The van der Waals surface area contributed by atoms with Gasteiger partial charge in [0.2, 0.25) is 0 Å². The third-order valence-corrected chi connectivity index (χ3v) is 6.76. The number of rotatable bonds is 9. The van der Waals surface area contributed by atoms with Gasteiger partial charge in [-0.2, -0.15) is 0 Å². The van der Waals surface area contributed by atoms with Crippen molar-refractivity contribution in [3.8, 4) is 0 Å². The zero-order valence-corrected chi connectivity index (χ0v) is 15.0. The highest BCUT2D eigenvalue weighted by molar-refractivity contribution is 7.73. The fourth-order valence-corrected chi connectivity index (χ4v) is 5.19. The van der Waals surface area contributed by atoms with Crippen LogP contribution in [0.5, 0.6) is 0 Å². The molecule has 0 aliphatic carbocycles. The van der Waals surface area contributed by atoms with Gasteiger partial charge in [-0.1, -0.05) is 99.2 Å². The minimum absolute atomic E-state index is 0.188. The Morgan fingerprint density at radius 3 is 1.95 bits per heavy atom. The topological polar surface area (TPSA) is 0 Å². The van der Waals surface area contributed by atoms with Gasteiger partial charge in [0.15, 0.2) is 0 Å². The molecule has 0 aromatic heterocycles. The standard InChI is InChI=1S/C21H29P/c1-3-4-5-6-7-11-18-22(20-12-9-8-10-13-20)21-16-14-19(2)15-17-21/h8-10,12-17H,3-7,11,18H2,1-2H3. The second kappa shape index (κ2) is 9.80. The van der Waals surface area contributed by atoms with Crippen molar-refractivity contribution in [3.63, 3.8) is 0 Å². The lowest BCUT2D eigenvalue weighted by Gasteiger charge is -2.19. The molecule has 118 valence electrons. The quantitative estimate of drug-likeness (QED) is 0.406. The van der Waals surface area contributed by atoms with Gasteiger partial charge < -0.3 is 0 Å². The van der Waals surface area contributed by atoms with Gasteiger partial charge in [-0.15, -0.1) is 0 Å². The average Bonchev–Trinajstić information content (AvgIpc) is 2.56. The number of hydrogen-bond acceptors (Lipinski definition) is 0. The summed E-state index contributed by atoms with van der Waals surface area (Å²) in [4.78, 5) is 0. The Bertz CT molecular complexity index is 515. The van der Waals surface area contributed by atoms with E-state index in [0.717, 1.165) is 0 Å². The molecule has 0 heterocycles. The first-order valence-electron chi connectivity index (χ1n) is 8.70. The van der Waals surface area contributed by atoms with Gasteiger partial charge in [-0.05, 0) is 38.0 Å². The Kier molecular flexibility index (Phi) is 7.67. The molecule has 0 nitrogen and oxygen atoms in total. The summed E-state index contributed by atoms with van der Waals surface area (Å²) in [5.41, 5.74) is 1.35. The zero-order valence-electron chi connectivity index (χ0n) is 14.1. The van der Waals surface area contributed by atoms with Gasteiger partial charge >= 0.3 is 0 Å². The largest absolute Gasteiger partial charge is 0.0654 e. The molecule has 1 unspecified atom stereocenters. The van der Waals surface area contributed by atoms with Gasteiger partial charge in [0.25, 0.3) is 0 Å². The summed E-state index contributed by atoms with van der Waals surface area (Å²) < 4.78 is 0.